The van der Waals surface area contributed by atoms with Crippen LogP contribution in [-0.2, 0) is 22.5 Å². The quantitative estimate of drug-likeness (QED) is 0.669. The van der Waals surface area contributed by atoms with Crippen LogP contribution in [0.25, 0.3) is 0 Å². The highest BCUT2D eigenvalue weighted by Crippen LogP contribution is 2.16. The minimum atomic E-state index is -0.552. The first-order valence-electron chi connectivity index (χ1n) is 7.91. The highest BCUT2D eigenvalue weighted by molar-refractivity contribution is 6.04. The number of nitrogens with one attached hydrogen (secondary N) is 1. The topological polar surface area (TPSA) is 75.7 Å². The van der Waals surface area contributed by atoms with Crippen molar-refractivity contribution in [3.05, 3.63) is 71.3 Å². The summed E-state index contributed by atoms with van der Waals surface area (Å²) in [6, 6.07) is 15.2. The van der Waals surface area contributed by atoms with Crippen molar-refractivity contribution >= 4 is 17.9 Å². The molecule has 128 valence electrons. The lowest BCUT2D eigenvalue weighted by Crippen LogP contribution is -2.32. The van der Waals surface area contributed by atoms with Gasteiger partial charge in [0.2, 0.25) is 0 Å². The van der Waals surface area contributed by atoms with Crippen LogP contribution < -0.4 is 5.32 Å². The van der Waals surface area contributed by atoms with Crippen LogP contribution in [0.4, 0.5) is 4.79 Å². The number of hydrogen-bond acceptors (Lipinski definition) is 4. The molecule has 2 aromatic rings. The first kappa shape index (κ1) is 16.7. The predicted molar refractivity (Wildman–Crippen MR) is 90.8 cm³/mol. The van der Waals surface area contributed by atoms with E-state index in [9.17, 15) is 14.4 Å². The number of hydrogen-bond donors (Lipinski definition) is 1. The van der Waals surface area contributed by atoms with Gasteiger partial charge in [-0.1, -0.05) is 42.5 Å². The highest BCUT2D eigenvalue weighted by atomic mass is 16.5. The van der Waals surface area contributed by atoms with Crippen molar-refractivity contribution in [3.63, 3.8) is 0 Å². The molecule has 1 aliphatic rings. The number of carbonyl (C=O) groups excluding carboxylic acids is 3. The lowest BCUT2D eigenvalue weighted by molar-refractivity contribution is -0.127. The third-order valence-electron chi connectivity index (χ3n) is 4.11. The van der Waals surface area contributed by atoms with Crippen LogP contribution >= 0.6 is 0 Å². The van der Waals surface area contributed by atoms with Crippen molar-refractivity contribution in [2.75, 3.05) is 7.11 Å². The van der Waals surface area contributed by atoms with E-state index in [2.05, 4.69) is 10.1 Å². The zero-order valence-corrected chi connectivity index (χ0v) is 13.8. The van der Waals surface area contributed by atoms with E-state index in [1.165, 1.54) is 12.0 Å². The third kappa shape index (κ3) is 3.68. The van der Waals surface area contributed by atoms with Crippen LogP contribution in [0.1, 0.15) is 21.5 Å². The van der Waals surface area contributed by atoms with Gasteiger partial charge in [-0.15, -0.1) is 0 Å². The number of benzene rings is 2. The second kappa shape index (κ2) is 7.17. The van der Waals surface area contributed by atoms with Crippen LogP contribution in [0.2, 0.25) is 0 Å². The molecule has 25 heavy (non-hydrogen) atoms. The number of methoxy groups -OCH3 is 1. The van der Waals surface area contributed by atoms with Gasteiger partial charge in [0.05, 0.1) is 19.2 Å². The lowest BCUT2D eigenvalue weighted by atomic mass is 10.1. The van der Waals surface area contributed by atoms with Crippen molar-refractivity contribution in [2.45, 2.75) is 19.0 Å². The van der Waals surface area contributed by atoms with Gasteiger partial charge in [0, 0.05) is 6.42 Å². The van der Waals surface area contributed by atoms with Crippen molar-refractivity contribution in [3.8, 4) is 0 Å². The number of imide groups is 1. The van der Waals surface area contributed by atoms with Gasteiger partial charge in [-0.3, -0.25) is 9.69 Å². The average Bonchev–Trinajstić information content (AvgIpc) is 2.90. The molecule has 1 atom stereocenters. The van der Waals surface area contributed by atoms with Gasteiger partial charge in [0.1, 0.15) is 6.04 Å². The molecule has 0 aromatic heterocycles. The summed E-state index contributed by atoms with van der Waals surface area (Å²) in [7, 11) is 1.32. The van der Waals surface area contributed by atoms with Gasteiger partial charge in [-0.25, -0.2) is 9.59 Å². The number of ether oxygens (including phenoxy) is 1. The van der Waals surface area contributed by atoms with Crippen molar-refractivity contribution in [1.82, 2.24) is 10.2 Å². The summed E-state index contributed by atoms with van der Waals surface area (Å²) >= 11 is 0. The van der Waals surface area contributed by atoms with Crippen LogP contribution in [0.3, 0.4) is 0 Å². The number of carbonyl (C=O) groups is 3. The number of nitrogens with zero attached hydrogens (tertiary/aromatic N) is 1. The Bertz CT molecular complexity index is 787. The normalized spacial score (nSPS) is 16.7. The molecule has 0 bridgehead atoms. The summed E-state index contributed by atoms with van der Waals surface area (Å²) < 4.78 is 4.65. The summed E-state index contributed by atoms with van der Waals surface area (Å²) in [4.78, 5) is 37.3. The molecule has 6 heteroatoms. The smallest absolute Gasteiger partial charge is 0.337 e. The fourth-order valence-corrected chi connectivity index (χ4v) is 2.76. The SMILES string of the molecule is COC(=O)c1ccc(CN2C(=O)N[C@@H](Cc3ccccc3)C2=O)cc1. The standard InChI is InChI=1S/C19H18N2O4/c1-25-18(23)15-9-7-14(8-10-15)12-21-17(22)16(20-19(21)24)11-13-5-3-2-4-6-13/h2-10,16H,11-12H2,1H3,(H,20,24)/t16-/m0/s1. The van der Waals surface area contributed by atoms with Crippen LogP contribution in [0, 0.1) is 0 Å². The van der Waals surface area contributed by atoms with E-state index in [4.69, 9.17) is 0 Å². The Morgan fingerprint density at radius 3 is 2.36 bits per heavy atom. The Morgan fingerprint density at radius 2 is 1.72 bits per heavy atom. The van der Waals surface area contributed by atoms with Crippen LogP contribution in [0.15, 0.2) is 54.6 Å². The van der Waals surface area contributed by atoms with Crippen LogP contribution in [0.5, 0.6) is 0 Å². The molecular weight excluding hydrogens is 320 g/mol. The molecule has 3 amide bonds. The molecule has 1 saturated heterocycles. The Labute approximate surface area is 145 Å². The average molecular weight is 338 g/mol. The fraction of sp³-hybridized carbons (Fsp3) is 0.211. The third-order valence-corrected chi connectivity index (χ3v) is 4.11. The van der Waals surface area contributed by atoms with Crippen LogP contribution in [-0.4, -0.2) is 36.0 Å². The number of amides is 3. The Balaban J connectivity index is 1.67. The van der Waals surface area contributed by atoms with Gasteiger partial charge in [-0.2, -0.15) is 0 Å². The first-order valence-corrected chi connectivity index (χ1v) is 7.91. The zero-order valence-electron chi connectivity index (χ0n) is 13.8. The molecule has 1 heterocycles. The number of rotatable bonds is 5. The van der Waals surface area contributed by atoms with E-state index in [0.717, 1.165) is 11.1 Å². The molecule has 1 fully saturated rings. The first-order chi connectivity index (χ1) is 12.1. The summed E-state index contributed by atoms with van der Waals surface area (Å²) in [5.41, 5.74) is 2.17. The molecule has 1 aliphatic heterocycles. The molecule has 0 aliphatic carbocycles. The summed E-state index contributed by atoms with van der Waals surface area (Å²) in [5, 5.41) is 2.72. The second-order valence-electron chi connectivity index (χ2n) is 5.80. The van der Waals surface area contributed by atoms with E-state index in [1.807, 2.05) is 30.3 Å². The van der Waals surface area contributed by atoms with Crippen molar-refractivity contribution in [1.29, 1.82) is 0 Å². The highest BCUT2D eigenvalue weighted by Gasteiger charge is 2.37. The van der Waals surface area contributed by atoms with Gasteiger partial charge in [0.15, 0.2) is 0 Å². The molecule has 3 rings (SSSR count). The minimum Gasteiger partial charge on any atom is -0.465 e. The van der Waals surface area contributed by atoms with Crippen molar-refractivity contribution < 1.29 is 19.1 Å². The van der Waals surface area contributed by atoms with Gasteiger partial charge < -0.3 is 10.1 Å². The van der Waals surface area contributed by atoms with E-state index in [0.29, 0.717) is 12.0 Å². The molecule has 2 aromatic carbocycles. The molecule has 1 N–H and O–H groups in total. The van der Waals surface area contributed by atoms with Gasteiger partial charge >= 0.3 is 12.0 Å². The lowest BCUT2D eigenvalue weighted by Gasteiger charge is -2.13. The van der Waals surface area contributed by atoms with Gasteiger partial charge in [-0.05, 0) is 23.3 Å². The van der Waals surface area contributed by atoms with Crippen molar-refractivity contribution in [2.24, 2.45) is 0 Å². The van der Waals surface area contributed by atoms with E-state index < -0.39 is 18.0 Å². The number of urea groups is 1. The maximum absolute atomic E-state index is 12.5. The molecule has 6 nitrogen and oxygen atoms in total. The van der Waals surface area contributed by atoms with E-state index >= 15 is 0 Å². The fourth-order valence-electron chi connectivity index (χ4n) is 2.76. The maximum Gasteiger partial charge on any atom is 0.337 e. The summed E-state index contributed by atoms with van der Waals surface area (Å²) in [6.07, 6.45) is 0.461. The Kier molecular flexibility index (Phi) is 4.79. The minimum absolute atomic E-state index is 0.164. The molecule has 0 spiro atoms. The Morgan fingerprint density at radius 1 is 1.04 bits per heavy atom. The molecule has 0 radical (unpaired) electrons. The monoisotopic (exact) mass is 338 g/mol. The molecular formula is C19H18N2O4. The maximum atomic E-state index is 12.5. The van der Waals surface area contributed by atoms with E-state index in [-0.39, 0.29) is 12.5 Å². The second-order valence-corrected chi connectivity index (χ2v) is 5.80. The largest absolute Gasteiger partial charge is 0.465 e. The summed E-state index contributed by atoms with van der Waals surface area (Å²) in [6.45, 7) is 0.164. The van der Waals surface area contributed by atoms with Gasteiger partial charge in [0.25, 0.3) is 5.91 Å². The number of esters is 1. The van der Waals surface area contributed by atoms with E-state index in [1.54, 1.807) is 24.3 Å². The molecule has 0 unspecified atom stereocenters. The predicted octanol–water partition coefficient (Wildman–Crippen LogP) is 2.14. The summed E-state index contributed by atoms with van der Waals surface area (Å²) in [5.74, 6) is -0.671. The Hall–Kier alpha value is -3.15. The zero-order chi connectivity index (χ0) is 17.8. The molecule has 0 saturated carbocycles.